The minimum Gasteiger partial charge on any atom is -0.534 e. The second-order valence-corrected chi connectivity index (χ2v) is 8.98. The molecule has 2 rings (SSSR count). The van der Waals surface area contributed by atoms with Crippen LogP contribution in [-0.4, -0.2) is 47.3 Å². The van der Waals surface area contributed by atoms with Crippen LogP contribution in [0, 0.1) is 11.8 Å². The molecule has 33 heavy (non-hydrogen) atoms. The fourth-order valence-corrected chi connectivity index (χ4v) is 3.15. The Morgan fingerprint density at radius 3 is 2.55 bits per heavy atom. The summed E-state index contributed by atoms with van der Waals surface area (Å²) in [4.78, 5) is 24.0. The standard InChI is InChI=1S/C22H32BF2NO7/c1-12(2)19(28)31-21(13(3)4)32-20(29)15-8-6-7-14-11-16(23(30)33-18(14)15)26-17(27)9-10-22(5,24)25/h6-8,12-13,16,20-21,29-30H,9-11H2,1-5H3,(H,26,27)/t16-,20?,21?/m0/s1. The van der Waals surface area contributed by atoms with Crippen LogP contribution in [0.1, 0.15) is 64.9 Å². The lowest BCUT2D eigenvalue weighted by Crippen LogP contribution is -2.53. The molecule has 1 aliphatic heterocycles. The molecule has 0 bridgehead atoms. The highest BCUT2D eigenvalue weighted by Crippen LogP contribution is 2.35. The van der Waals surface area contributed by atoms with Gasteiger partial charge in [-0.05, 0) is 18.9 Å². The van der Waals surface area contributed by atoms with Gasteiger partial charge in [-0.15, -0.1) is 0 Å². The number of hydrogen-bond donors (Lipinski definition) is 3. The van der Waals surface area contributed by atoms with Crippen molar-refractivity contribution >= 4 is 19.0 Å². The molecule has 8 nitrogen and oxygen atoms in total. The van der Waals surface area contributed by atoms with E-state index in [1.165, 1.54) is 0 Å². The summed E-state index contributed by atoms with van der Waals surface area (Å²) in [5.41, 5.74) is 0.792. The number of amides is 1. The number of benzene rings is 1. The molecule has 11 heteroatoms. The molecule has 1 aromatic rings. The van der Waals surface area contributed by atoms with Gasteiger partial charge in [-0.25, -0.2) is 8.78 Å². The van der Waals surface area contributed by atoms with Crippen LogP contribution in [0.2, 0.25) is 0 Å². The molecule has 0 aliphatic carbocycles. The zero-order valence-corrected chi connectivity index (χ0v) is 19.5. The number of alkyl halides is 2. The first-order valence-corrected chi connectivity index (χ1v) is 11.0. The van der Waals surface area contributed by atoms with Gasteiger partial charge >= 0.3 is 13.1 Å². The Morgan fingerprint density at radius 1 is 1.30 bits per heavy atom. The van der Waals surface area contributed by atoms with Crippen LogP contribution in [0.15, 0.2) is 18.2 Å². The van der Waals surface area contributed by atoms with Crippen molar-refractivity contribution in [3.63, 3.8) is 0 Å². The summed E-state index contributed by atoms with van der Waals surface area (Å²) in [7, 11) is -1.46. The molecule has 1 amide bonds. The summed E-state index contributed by atoms with van der Waals surface area (Å²) < 4.78 is 42.4. The number of aliphatic hydroxyl groups excluding tert-OH is 1. The number of carbonyl (C=O) groups excluding carboxylic acids is 2. The molecule has 0 radical (unpaired) electrons. The molecule has 0 saturated carbocycles. The van der Waals surface area contributed by atoms with Gasteiger partial charge in [0.25, 0.3) is 0 Å². The number of carbonyl (C=O) groups is 2. The van der Waals surface area contributed by atoms with E-state index in [4.69, 9.17) is 14.1 Å². The lowest BCUT2D eigenvalue weighted by molar-refractivity contribution is -0.244. The average Bonchev–Trinajstić information content (AvgIpc) is 2.71. The Labute approximate surface area is 192 Å². The van der Waals surface area contributed by atoms with Gasteiger partial charge in [-0.2, -0.15) is 0 Å². The number of hydrogen-bond acceptors (Lipinski definition) is 7. The number of ether oxygens (including phenoxy) is 2. The van der Waals surface area contributed by atoms with E-state index in [1.54, 1.807) is 45.9 Å². The van der Waals surface area contributed by atoms with Crippen LogP contribution >= 0.6 is 0 Å². The minimum absolute atomic E-state index is 0.154. The molecule has 0 spiro atoms. The summed E-state index contributed by atoms with van der Waals surface area (Å²) in [6, 6.07) is 4.87. The first-order chi connectivity index (χ1) is 15.3. The summed E-state index contributed by atoms with van der Waals surface area (Å²) in [6.07, 6.45) is -3.37. The van der Waals surface area contributed by atoms with Gasteiger partial charge in [0, 0.05) is 24.3 Å². The van der Waals surface area contributed by atoms with Crippen LogP contribution in [0.4, 0.5) is 8.78 Å². The van der Waals surface area contributed by atoms with Gasteiger partial charge in [0.15, 0.2) is 6.29 Å². The van der Waals surface area contributed by atoms with Crippen LogP contribution in [0.3, 0.4) is 0 Å². The molecule has 3 N–H and O–H groups in total. The van der Waals surface area contributed by atoms with Crippen molar-refractivity contribution in [3.05, 3.63) is 29.3 Å². The Morgan fingerprint density at radius 2 is 1.97 bits per heavy atom. The van der Waals surface area contributed by atoms with E-state index in [9.17, 15) is 28.5 Å². The third kappa shape index (κ3) is 7.94. The van der Waals surface area contributed by atoms with E-state index in [0.29, 0.717) is 5.56 Å². The first-order valence-electron chi connectivity index (χ1n) is 11.0. The molecule has 0 fully saturated rings. The van der Waals surface area contributed by atoms with Crippen molar-refractivity contribution in [2.45, 2.75) is 78.3 Å². The number of halogens is 2. The zero-order chi connectivity index (χ0) is 24.9. The van der Waals surface area contributed by atoms with E-state index in [1.807, 2.05) is 0 Å². The Bertz CT molecular complexity index is 831. The minimum atomic E-state index is -2.96. The van der Waals surface area contributed by atoms with Crippen LogP contribution in [-0.2, 0) is 25.5 Å². The van der Waals surface area contributed by atoms with Gasteiger partial charge in [-0.3, -0.25) is 9.59 Å². The summed E-state index contributed by atoms with van der Waals surface area (Å²) >= 11 is 0. The summed E-state index contributed by atoms with van der Waals surface area (Å²) in [5.74, 6) is -5.34. The molecule has 1 aromatic carbocycles. The number of esters is 1. The monoisotopic (exact) mass is 471 g/mol. The number of fused-ring (bicyclic) bond motifs is 1. The maximum atomic E-state index is 13.0. The maximum Gasteiger partial charge on any atom is 0.547 e. The number of para-hydroxylation sites is 1. The van der Waals surface area contributed by atoms with Crippen molar-refractivity contribution < 1.29 is 42.6 Å². The number of nitrogens with one attached hydrogen (secondary N) is 1. The van der Waals surface area contributed by atoms with Crippen molar-refractivity contribution in [3.8, 4) is 5.75 Å². The zero-order valence-electron chi connectivity index (χ0n) is 19.5. The van der Waals surface area contributed by atoms with Crippen molar-refractivity contribution in [2.75, 3.05) is 0 Å². The number of aliphatic hydroxyl groups is 1. The van der Waals surface area contributed by atoms with Gasteiger partial charge in [0.05, 0.1) is 11.9 Å². The molecule has 3 atom stereocenters. The molecular weight excluding hydrogens is 439 g/mol. The SMILES string of the molecule is CC(C)C(=O)OC(OC(O)c1cccc2c1OB(O)[C@@H](NC(=O)CCC(C)(F)F)C2)C(C)C. The predicted molar refractivity (Wildman–Crippen MR) is 116 cm³/mol. The van der Waals surface area contributed by atoms with E-state index in [2.05, 4.69) is 5.32 Å². The maximum absolute atomic E-state index is 13.0. The number of rotatable bonds is 10. The molecule has 0 aromatic heterocycles. The van der Waals surface area contributed by atoms with E-state index in [0.717, 1.165) is 6.92 Å². The molecule has 0 saturated heterocycles. The van der Waals surface area contributed by atoms with Gasteiger partial charge in [0.2, 0.25) is 18.1 Å². The Hall–Kier alpha value is -2.24. The van der Waals surface area contributed by atoms with Gasteiger partial charge in [-0.1, -0.05) is 45.9 Å². The largest absolute Gasteiger partial charge is 0.547 e. The normalized spacial score (nSPS) is 17.9. The van der Waals surface area contributed by atoms with Crippen molar-refractivity contribution in [2.24, 2.45) is 11.8 Å². The second kappa shape index (κ2) is 11.3. The van der Waals surface area contributed by atoms with Gasteiger partial charge < -0.3 is 29.6 Å². The van der Waals surface area contributed by atoms with Crippen molar-refractivity contribution in [1.29, 1.82) is 0 Å². The van der Waals surface area contributed by atoms with E-state index < -0.39 is 56.3 Å². The van der Waals surface area contributed by atoms with E-state index >= 15 is 0 Å². The topological polar surface area (TPSA) is 114 Å². The molecule has 1 heterocycles. The van der Waals surface area contributed by atoms with Crippen LogP contribution < -0.4 is 9.97 Å². The van der Waals surface area contributed by atoms with Gasteiger partial charge in [0.1, 0.15) is 5.75 Å². The van der Waals surface area contributed by atoms with Crippen molar-refractivity contribution in [1.82, 2.24) is 5.32 Å². The second-order valence-electron chi connectivity index (χ2n) is 8.98. The lowest BCUT2D eigenvalue weighted by atomic mass is 9.72. The third-order valence-corrected chi connectivity index (χ3v) is 5.06. The molecular formula is C22H32BF2NO7. The highest BCUT2D eigenvalue weighted by atomic mass is 19.3. The third-order valence-electron chi connectivity index (χ3n) is 5.06. The summed E-state index contributed by atoms with van der Waals surface area (Å²) in [5, 5.41) is 23.6. The predicted octanol–water partition coefficient (Wildman–Crippen LogP) is 2.75. The molecule has 184 valence electrons. The molecule has 1 aliphatic rings. The Balaban J connectivity index is 2.11. The van der Waals surface area contributed by atoms with E-state index in [-0.39, 0.29) is 29.6 Å². The fraction of sp³-hybridized carbons (Fsp3) is 0.636. The smallest absolute Gasteiger partial charge is 0.534 e. The quantitative estimate of drug-likeness (QED) is 0.273. The highest BCUT2D eigenvalue weighted by Gasteiger charge is 2.38. The highest BCUT2D eigenvalue weighted by molar-refractivity contribution is 6.46. The summed E-state index contributed by atoms with van der Waals surface area (Å²) in [6.45, 7) is 7.64. The first kappa shape index (κ1) is 27.0. The molecule has 2 unspecified atom stereocenters. The van der Waals surface area contributed by atoms with Crippen LogP contribution in [0.25, 0.3) is 0 Å². The van der Waals surface area contributed by atoms with Crippen LogP contribution in [0.5, 0.6) is 5.75 Å². The average molecular weight is 471 g/mol. The fourth-order valence-electron chi connectivity index (χ4n) is 3.15. The Kier molecular flexibility index (Phi) is 9.22. The lowest BCUT2D eigenvalue weighted by Gasteiger charge is -2.31.